The van der Waals surface area contributed by atoms with E-state index in [1.54, 1.807) is 45.4 Å². The molecule has 4 nitrogen and oxygen atoms in total. The zero-order valence-electron chi connectivity index (χ0n) is 13.3. The molecular weight excluding hydrogens is 281 g/mol. The number of carbonyl (C=O) groups is 1. The quantitative estimate of drug-likeness (QED) is 0.871. The molecule has 0 aliphatic rings. The molecule has 2 rings (SSSR count). The monoisotopic (exact) mass is 301 g/mol. The first-order valence-electron chi connectivity index (χ1n) is 7.02. The molecule has 0 fully saturated rings. The summed E-state index contributed by atoms with van der Waals surface area (Å²) in [6.45, 7) is 2.29. The molecule has 1 heterocycles. The summed E-state index contributed by atoms with van der Waals surface area (Å²) in [6, 6.07) is 8.75. The summed E-state index contributed by atoms with van der Waals surface area (Å²) in [4.78, 5) is 19.5. The lowest BCUT2D eigenvalue weighted by molar-refractivity contribution is 0.0827. The van der Waals surface area contributed by atoms with Crippen LogP contribution in [0.25, 0.3) is 0 Å². The fourth-order valence-corrected chi connectivity index (χ4v) is 2.09. The van der Waals surface area contributed by atoms with Crippen LogP contribution in [0.1, 0.15) is 21.5 Å². The number of aromatic nitrogens is 1. The SMILES string of the molecule is Cc1ccc(CN(C)c2ccc(C(=O)N(C)C)cn2)cc1F. The molecule has 0 aliphatic heterocycles. The van der Waals surface area contributed by atoms with Crippen molar-refractivity contribution in [1.29, 1.82) is 0 Å². The summed E-state index contributed by atoms with van der Waals surface area (Å²) < 4.78 is 13.6. The minimum atomic E-state index is -0.203. The predicted octanol–water partition coefficient (Wildman–Crippen LogP) is 2.87. The molecule has 0 unspecified atom stereocenters. The Bertz CT molecular complexity index is 668. The minimum absolute atomic E-state index is 0.0812. The zero-order chi connectivity index (χ0) is 16.3. The van der Waals surface area contributed by atoms with Gasteiger partial charge in [-0.25, -0.2) is 9.37 Å². The Kier molecular flexibility index (Phi) is 4.75. The summed E-state index contributed by atoms with van der Waals surface area (Å²) in [5, 5.41) is 0. The average molecular weight is 301 g/mol. The van der Waals surface area contributed by atoms with Crippen LogP contribution >= 0.6 is 0 Å². The third-order valence-electron chi connectivity index (χ3n) is 3.45. The van der Waals surface area contributed by atoms with E-state index in [0.29, 0.717) is 17.7 Å². The highest BCUT2D eigenvalue weighted by Gasteiger charge is 2.10. The molecule has 1 aromatic carbocycles. The summed E-state index contributed by atoms with van der Waals surface area (Å²) in [6.07, 6.45) is 1.56. The van der Waals surface area contributed by atoms with Gasteiger partial charge in [0, 0.05) is 33.9 Å². The number of nitrogens with zero attached hydrogens (tertiary/aromatic N) is 3. The number of halogens is 1. The van der Waals surface area contributed by atoms with Crippen molar-refractivity contribution in [3.05, 3.63) is 59.0 Å². The Morgan fingerprint density at radius 2 is 1.91 bits per heavy atom. The van der Waals surface area contributed by atoms with Crippen molar-refractivity contribution in [2.24, 2.45) is 0 Å². The molecule has 0 N–H and O–H groups in total. The van der Waals surface area contributed by atoms with Gasteiger partial charge in [0.05, 0.1) is 5.56 Å². The molecule has 22 heavy (non-hydrogen) atoms. The second-order valence-electron chi connectivity index (χ2n) is 5.54. The van der Waals surface area contributed by atoms with E-state index in [9.17, 15) is 9.18 Å². The van der Waals surface area contributed by atoms with Crippen molar-refractivity contribution in [3.8, 4) is 0 Å². The molecule has 5 heteroatoms. The van der Waals surface area contributed by atoms with Gasteiger partial charge in [0.15, 0.2) is 0 Å². The van der Waals surface area contributed by atoms with Gasteiger partial charge in [-0.1, -0.05) is 12.1 Å². The lowest BCUT2D eigenvalue weighted by Gasteiger charge is -2.19. The molecule has 0 radical (unpaired) electrons. The van der Waals surface area contributed by atoms with Crippen LogP contribution in [0.4, 0.5) is 10.2 Å². The van der Waals surface area contributed by atoms with E-state index in [-0.39, 0.29) is 11.7 Å². The molecular formula is C17H20FN3O. The van der Waals surface area contributed by atoms with Gasteiger partial charge < -0.3 is 9.80 Å². The standard InChI is InChI=1S/C17H20FN3O/c1-12-5-6-13(9-15(12)18)11-21(4)16-8-7-14(10-19-16)17(22)20(2)3/h5-10H,11H2,1-4H3. The summed E-state index contributed by atoms with van der Waals surface area (Å²) in [5.41, 5.74) is 2.06. The van der Waals surface area contributed by atoms with Crippen LogP contribution in [0.3, 0.4) is 0 Å². The fraction of sp³-hybridized carbons (Fsp3) is 0.294. The number of anilines is 1. The van der Waals surface area contributed by atoms with Gasteiger partial charge in [-0.05, 0) is 36.2 Å². The van der Waals surface area contributed by atoms with Gasteiger partial charge in [-0.15, -0.1) is 0 Å². The van der Waals surface area contributed by atoms with Gasteiger partial charge in [-0.2, -0.15) is 0 Å². The number of carbonyl (C=O) groups excluding carboxylic acids is 1. The Hall–Kier alpha value is -2.43. The summed E-state index contributed by atoms with van der Waals surface area (Å²) in [7, 11) is 5.29. The van der Waals surface area contributed by atoms with Crippen LogP contribution in [0.15, 0.2) is 36.5 Å². The normalized spacial score (nSPS) is 10.4. The summed E-state index contributed by atoms with van der Waals surface area (Å²) in [5.74, 6) is 0.449. The Morgan fingerprint density at radius 3 is 2.45 bits per heavy atom. The van der Waals surface area contributed by atoms with Crippen LogP contribution in [-0.4, -0.2) is 36.9 Å². The molecule has 0 saturated carbocycles. The van der Waals surface area contributed by atoms with E-state index in [4.69, 9.17) is 0 Å². The topological polar surface area (TPSA) is 36.4 Å². The largest absolute Gasteiger partial charge is 0.355 e. The predicted molar refractivity (Wildman–Crippen MR) is 85.5 cm³/mol. The molecule has 116 valence electrons. The van der Waals surface area contributed by atoms with E-state index in [1.165, 1.54) is 11.0 Å². The number of aryl methyl sites for hydroxylation is 1. The van der Waals surface area contributed by atoms with Crippen molar-refractivity contribution >= 4 is 11.7 Å². The van der Waals surface area contributed by atoms with Crippen molar-refractivity contribution in [2.45, 2.75) is 13.5 Å². The highest BCUT2D eigenvalue weighted by Crippen LogP contribution is 2.16. The maximum atomic E-state index is 13.6. The molecule has 2 aromatic rings. The number of rotatable bonds is 4. The van der Waals surface area contributed by atoms with E-state index in [2.05, 4.69) is 4.98 Å². The first-order valence-corrected chi connectivity index (χ1v) is 7.02. The Balaban J connectivity index is 2.11. The second-order valence-corrected chi connectivity index (χ2v) is 5.54. The van der Waals surface area contributed by atoms with Crippen LogP contribution in [0, 0.1) is 12.7 Å². The smallest absolute Gasteiger partial charge is 0.254 e. The number of benzene rings is 1. The average Bonchev–Trinajstić information content (AvgIpc) is 2.50. The highest BCUT2D eigenvalue weighted by atomic mass is 19.1. The van der Waals surface area contributed by atoms with E-state index in [0.717, 1.165) is 11.4 Å². The van der Waals surface area contributed by atoms with E-state index < -0.39 is 0 Å². The number of hydrogen-bond donors (Lipinski definition) is 0. The van der Waals surface area contributed by atoms with Gasteiger partial charge in [0.2, 0.25) is 0 Å². The van der Waals surface area contributed by atoms with Crippen LogP contribution in [0.2, 0.25) is 0 Å². The van der Waals surface area contributed by atoms with Crippen LogP contribution in [0.5, 0.6) is 0 Å². The molecule has 0 atom stereocenters. The lowest BCUT2D eigenvalue weighted by Crippen LogP contribution is -2.22. The van der Waals surface area contributed by atoms with E-state index >= 15 is 0 Å². The second kappa shape index (κ2) is 6.56. The van der Waals surface area contributed by atoms with Crippen molar-refractivity contribution in [2.75, 3.05) is 26.0 Å². The Morgan fingerprint density at radius 1 is 1.18 bits per heavy atom. The van der Waals surface area contributed by atoms with Gasteiger partial charge in [0.1, 0.15) is 11.6 Å². The molecule has 0 bridgehead atoms. The number of pyridine rings is 1. The maximum absolute atomic E-state index is 13.6. The molecule has 0 saturated heterocycles. The minimum Gasteiger partial charge on any atom is -0.355 e. The maximum Gasteiger partial charge on any atom is 0.254 e. The van der Waals surface area contributed by atoms with Crippen LogP contribution in [-0.2, 0) is 6.54 Å². The molecule has 0 aliphatic carbocycles. The lowest BCUT2D eigenvalue weighted by atomic mass is 10.1. The Labute approximate surface area is 130 Å². The highest BCUT2D eigenvalue weighted by molar-refractivity contribution is 5.93. The van der Waals surface area contributed by atoms with Crippen LogP contribution < -0.4 is 4.90 Å². The summed E-state index contributed by atoms with van der Waals surface area (Å²) >= 11 is 0. The third-order valence-corrected chi connectivity index (χ3v) is 3.45. The van der Waals surface area contributed by atoms with Gasteiger partial charge in [-0.3, -0.25) is 4.79 Å². The van der Waals surface area contributed by atoms with E-state index in [1.807, 2.05) is 18.0 Å². The van der Waals surface area contributed by atoms with Gasteiger partial charge in [0.25, 0.3) is 5.91 Å². The molecule has 1 amide bonds. The fourth-order valence-electron chi connectivity index (χ4n) is 2.09. The zero-order valence-corrected chi connectivity index (χ0v) is 13.3. The molecule has 1 aromatic heterocycles. The first-order chi connectivity index (χ1) is 10.4. The number of amides is 1. The third kappa shape index (κ3) is 3.61. The van der Waals surface area contributed by atoms with Crippen molar-refractivity contribution in [3.63, 3.8) is 0 Å². The van der Waals surface area contributed by atoms with Crippen molar-refractivity contribution < 1.29 is 9.18 Å². The van der Waals surface area contributed by atoms with Gasteiger partial charge >= 0.3 is 0 Å². The molecule has 0 spiro atoms. The number of hydrogen-bond acceptors (Lipinski definition) is 3. The first kappa shape index (κ1) is 15.9. The van der Waals surface area contributed by atoms with Crippen molar-refractivity contribution in [1.82, 2.24) is 9.88 Å².